The number of hydrogen-bond acceptors (Lipinski definition) is 7. The fraction of sp³-hybridized carbons (Fsp3) is 0.667. The van der Waals surface area contributed by atoms with E-state index in [9.17, 15) is 25.1 Å². The van der Waals surface area contributed by atoms with Crippen LogP contribution in [0.3, 0.4) is 0 Å². The summed E-state index contributed by atoms with van der Waals surface area (Å²) in [5, 5.41) is 34.9. The van der Waals surface area contributed by atoms with Crippen molar-refractivity contribution in [1.29, 1.82) is 0 Å². The number of benzene rings is 1. The number of nitro benzene ring substituents is 1. The summed E-state index contributed by atoms with van der Waals surface area (Å²) in [5.41, 5.74) is -0.579. The van der Waals surface area contributed by atoms with Crippen LogP contribution in [0.5, 0.6) is 0 Å². The van der Waals surface area contributed by atoms with E-state index >= 15 is 0 Å². The minimum absolute atomic E-state index is 0.0125. The fourth-order valence-electron chi connectivity index (χ4n) is 11.6. The van der Waals surface area contributed by atoms with Gasteiger partial charge in [-0.25, -0.2) is 4.79 Å². The van der Waals surface area contributed by atoms with Gasteiger partial charge >= 0.3 is 5.97 Å². The lowest BCUT2D eigenvalue weighted by molar-refractivity contribution is -0.384. The number of ether oxygens (including phenoxy) is 1. The monoisotopic (exact) mass is 478 g/mol. The third-order valence-electron chi connectivity index (χ3n) is 11.9. The lowest BCUT2D eigenvalue weighted by atomic mass is 9.39. The Labute approximate surface area is 203 Å². The lowest BCUT2D eigenvalue weighted by Gasteiger charge is -2.67. The Hall–Kier alpha value is -2.29. The number of nitrogens with zero attached hydrogens (tertiary/aromatic N) is 2. The Kier molecular flexibility index (Phi) is 3.47. The highest BCUT2D eigenvalue weighted by Gasteiger charge is 2.93. The first-order valence-corrected chi connectivity index (χ1v) is 12.9. The third-order valence-corrected chi connectivity index (χ3v) is 11.9. The van der Waals surface area contributed by atoms with Crippen molar-refractivity contribution in [3.05, 3.63) is 52.1 Å². The summed E-state index contributed by atoms with van der Waals surface area (Å²) in [6.45, 7) is 7.51. The molecule has 3 heterocycles. The summed E-state index contributed by atoms with van der Waals surface area (Å²) in [6, 6.07) is 5.77. The maximum absolute atomic E-state index is 13.4. The van der Waals surface area contributed by atoms with Gasteiger partial charge in [0.1, 0.15) is 11.8 Å². The average Bonchev–Trinajstić information content (AvgIpc) is 3.18. The summed E-state index contributed by atoms with van der Waals surface area (Å²) < 4.78 is 6.34. The number of aliphatic hydroxyl groups excluding tert-OH is 1. The molecule has 3 aliphatic heterocycles. The van der Waals surface area contributed by atoms with E-state index in [4.69, 9.17) is 4.74 Å². The number of piperidine rings is 2. The van der Waals surface area contributed by atoms with Gasteiger partial charge in [0.05, 0.1) is 16.6 Å². The van der Waals surface area contributed by atoms with Gasteiger partial charge in [-0.2, -0.15) is 0 Å². The molecule has 2 spiro atoms. The number of aliphatic hydroxyl groups is 2. The van der Waals surface area contributed by atoms with Crippen LogP contribution < -0.4 is 0 Å². The molecule has 0 amide bonds. The molecule has 12 atom stereocenters. The molecule has 1 aromatic carbocycles. The van der Waals surface area contributed by atoms with Gasteiger partial charge < -0.3 is 14.9 Å². The Balaban J connectivity index is 1.25. The van der Waals surface area contributed by atoms with Crippen LogP contribution in [0.15, 0.2) is 36.4 Å². The Morgan fingerprint density at radius 3 is 2.71 bits per heavy atom. The van der Waals surface area contributed by atoms with Gasteiger partial charge in [-0.3, -0.25) is 15.0 Å². The van der Waals surface area contributed by atoms with Gasteiger partial charge in [-0.05, 0) is 54.7 Å². The number of non-ortho nitro benzene ring substituents is 1. The molecule has 9 bridgehead atoms. The molecule has 3 saturated heterocycles. The van der Waals surface area contributed by atoms with Crippen LogP contribution in [-0.4, -0.2) is 56.5 Å². The van der Waals surface area contributed by atoms with E-state index in [0.717, 1.165) is 37.8 Å². The van der Waals surface area contributed by atoms with Gasteiger partial charge in [0.15, 0.2) is 0 Å². The van der Waals surface area contributed by atoms with Crippen LogP contribution in [0.2, 0.25) is 0 Å². The van der Waals surface area contributed by atoms with E-state index in [0.29, 0.717) is 12.0 Å². The molecule has 0 radical (unpaired) electrons. The molecule has 9 fully saturated rings. The number of esters is 1. The van der Waals surface area contributed by atoms with Crippen molar-refractivity contribution in [2.75, 3.05) is 6.54 Å². The molecule has 1 aromatic rings. The quantitative estimate of drug-likeness (QED) is 0.297. The topological polar surface area (TPSA) is 113 Å². The van der Waals surface area contributed by atoms with Crippen LogP contribution in [0.25, 0.3) is 0 Å². The Bertz CT molecular complexity index is 1230. The van der Waals surface area contributed by atoms with Crippen molar-refractivity contribution in [2.24, 2.45) is 39.9 Å². The first-order chi connectivity index (χ1) is 16.6. The average molecular weight is 479 g/mol. The first-order valence-electron chi connectivity index (χ1n) is 12.9. The fourth-order valence-corrected chi connectivity index (χ4v) is 11.6. The van der Waals surface area contributed by atoms with Gasteiger partial charge in [0.25, 0.3) is 5.69 Å². The van der Waals surface area contributed by atoms with E-state index < -0.39 is 34.2 Å². The van der Waals surface area contributed by atoms with Gasteiger partial charge in [-0.15, -0.1) is 0 Å². The van der Waals surface area contributed by atoms with Crippen LogP contribution >= 0.6 is 0 Å². The highest BCUT2D eigenvalue weighted by Crippen LogP contribution is 2.89. The van der Waals surface area contributed by atoms with Crippen molar-refractivity contribution in [3.8, 4) is 0 Å². The predicted molar refractivity (Wildman–Crippen MR) is 123 cm³/mol. The molecule has 184 valence electrons. The number of rotatable bonds is 3. The molecule has 8 heteroatoms. The van der Waals surface area contributed by atoms with Gasteiger partial charge in [0.2, 0.25) is 0 Å². The molecule has 2 unspecified atom stereocenters. The van der Waals surface area contributed by atoms with Crippen molar-refractivity contribution in [2.45, 2.75) is 63.0 Å². The summed E-state index contributed by atoms with van der Waals surface area (Å²) in [4.78, 5) is 26.3. The molecule has 9 aliphatic rings. The largest absolute Gasteiger partial charge is 0.458 e. The molecular formula is C27H30N2O6. The van der Waals surface area contributed by atoms with Crippen molar-refractivity contribution in [3.63, 3.8) is 0 Å². The standard InChI is InChI=1S/C27H30N2O6/c1-13-16-10-17-20-25-9-3-8-24(2)12-28(20)27(32,23(24)25)11-26(17,21(13)30)19(25)18(16)35-22(31)14-4-6-15(7-5-14)29(33)34/h4-7,16-21,23,30,32H,1,3,8-12H2,2H3/t16-,17-,18+,19+,20?,21-,23-,24+,25+,26-,27+/m1/s1. The zero-order valence-electron chi connectivity index (χ0n) is 19.7. The summed E-state index contributed by atoms with van der Waals surface area (Å²) >= 11 is 0. The van der Waals surface area contributed by atoms with Gasteiger partial charge in [-0.1, -0.05) is 19.9 Å². The molecule has 8 nitrogen and oxygen atoms in total. The predicted octanol–water partition coefficient (Wildman–Crippen LogP) is 2.89. The summed E-state index contributed by atoms with van der Waals surface area (Å²) in [7, 11) is 0. The molecule has 2 N–H and O–H groups in total. The van der Waals surface area contributed by atoms with E-state index in [1.807, 2.05) is 0 Å². The van der Waals surface area contributed by atoms with Crippen LogP contribution in [-0.2, 0) is 4.74 Å². The second-order valence-electron chi connectivity index (χ2n) is 12.9. The zero-order valence-corrected chi connectivity index (χ0v) is 19.7. The number of carbonyl (C=O) groups is 1. The van der Waals surface area contributed by atoms with Crippen molar-refractivity contribution >= 4 is 11.7 Å². The van der Waals surface area contributed by atoms with Gasteiger partial charge in [0, 0.05) is 53.3 Å². The highest BCUT2D eigenvalue weighted by molar-refractivity contribution is 5.89. The summed E-state index contributed by atoms with van der Waals surface area (Å²) in [5.74, 6) is -0.197. The first kappa shape index (κ1) is 20.9. The maximum Gasteiger partial charge on any atom is 0.338 e. The van der Waals surface area contributed by atoms with E-state index in [1.54, 1.807) is 0 Å². The van der Waals surface area contributed by atoms with E-state index in [1.165, 1.54) is 24.3 Å². The number of nitro groups is 1. The minimum Gasteiger partial charge on any atom is -0.458 e. The van der Waals surface area contributed by atoms with Crippen molar-refractivity contribution < 1.29 is 24.7 Å². The van der Waals surface area contributed by atoms with Crippen LogP contribution in [0.4, 0.5) is 5.69 Å². The van der Waals surface area contributed by atoms with E-state index in [2.05, 4.69) is 18.4 Å². The summed E-state index contributed by atoms with van der Waals surface area (Å²) in [6.07, 6.45) is 3.45. The second-order valence-corrected chi connectivity index (χ2v) is 12.9. The van der Waals surface area contributed by atoms with E-state index in [-0.39, 0.29) is 46.2 Å². The number of carbonyl (C=O) groups excluding carboxylic acids is 1. The molecule has 0 aromatic heterocycles. The zero-order chi connectivity index (χ0) is 24.3. The SMILES string of the molecule is C=C1[C@H]2C[C@@H]3C4N5C[C@]6(C)CCC[C@@]47[C@@H]6[C@@]5(O)C[C@]3([C@@H]1O)[C@H]7[C@H]2OC(=O)c1ccc([N+](=O)[O-])cc1. The lowest BCUT2D eigenvalue weighted by Crippen LogP contribution is -2.72. The smallest absolute Gasteiger partial charge is 0.338 e. The molecule has 10 rings (SSSR count). The molecule has 35 heavy (non-hydrogen) atoms. The highest BCUT2D eigenvalue weighted by atomic mass is 16.6. The number of hydrogen-bond donors (Lipinski definition) is 2. The maximum atomic E-state index is 13.4. The molecular weight excluding hydrogens is 448 g/mol. The Morgan fingerprint density at radius 1 is 1.26 bits per heavy atom. The minimum atomic E-state index is -0.898. The molecule has 6 saturated carbocycles. The second kappa shape index (κ2) is 5.82. The normalized spacial score (nSPS) is 55.5. The van der Waals surface area contributed by atoms with Crippen LogP contribution in [0.1, 0.15) is 49.4 Å². The molecule has 6 aliphatic carbocycles. The third kappa shape index (κ3) is 1.92. The Morgan fingerprint density at radius 2 is 2.00 bits per heavy atom. The van der Waals surface area contributed by atoms with Crippen LogP contribution in [0, 0.1) is 50.0 Å². The number of fused-ring (bicyclic) bond motifs is 1. The van der Waals surface area contributed by atoms with Crippen molar-refractivity contribution in [1.82, 2.24) is 4.90 Å².